The molecule has 3 heterocycles. The van der Waals surface area contributed by atoms with E-state index in [-0.39, 0.29) is 6.61 Å². The minimum absolute atomic E-state index is 0.0770. The van der Waals surface area contributed by atoms with Gasteiger partial charge in [0, 0.05) is 29.2 Å². The lowest BCUT2D eigenvalue weighted by molar-refractivity contribution is 0.286. The normalized spacial score (nSPS) is 11.0. The average Bonchev–Trinajstić information content (AvgIpc) is 3.39. The van der Waals surface area contributed by atoms with Gasteiger partial charge in [0.25, 0.3) is 0 Å². The first-order chi connectivity index (χ1) is 16.8. The van der Waals surface area contributed by atoms with Gasteiger partial charge in [-0.2, -0.15) is 0 Å². The average molecular weight is 469 g/mol. The van der Waals surface area contributed by atoms with Gasteiger partial charge in [0.05, 0.1) is 28.6 Å². The fourth-order valence-electron chi connectivity index (χ4n) is 3.86. The zero-order chi connectivity index (χ0) is 23.2. The lowest BCUT2D eigenvalue weighted by atomic mass is 10.1. The fraction of sp³-hybridized carbons (Fsp3) is 0.148. The minimum Gasteiger partial charge on any atom is -0.474 e. The van der Waals surface area contributed by atoms with Crippen molar-refractivity contribution in [3.05, 3.63) is 91.1 Å². The van der Waals surface area contributed by atoms with Crippen LogP contribution in [0.25, 0.3) is 31.9 Å². The third kappa shape index (κ3) is 4.76. The molecule has 2 aromatic carbocycles. The quantitative estimate of drug-likeness (QED) is 0.317. The standard InChI is InChI=1S/C27H24N4O2S/c32-18-16-31(20-8-2-1-3-9-20)17-19-33-27-22-11-5-4-10-21(22)26(29-30-27)25-14-13-24(34-25)23-12-6-7-15-28-23/h1-15,32H,16-19H2. The maximum atomic E-state index is 9.46. The second kappa shape index (κ2) is 10.4. The second-order valence-corrected chi connectivity index (χ2v) is 8.76. The molecule has 0 atom stereocenters. The summed E-state index contributed by atoms with van der Waals surface area (Å²) in [4.78, 5) is 8.67. The zero-order valence-corrected chi connectivity index (χ0v) is 19.4. The summed E-state index contributed by atoms with van der Waals surface area (Å²) < 4.78 is 6.08. The summed E-state index contributed by atoms with van der Waals surface area (Å²) in [5.41, 5.74) is 2.83. The lowest BCUT2D eigenvalue weighted by Gasteiger charge is -2.23. The number of nitrogens with zero attached hydrogens (tertiary/aromatic N) is 4. The Morgan fingerprint density at radius 1 is 0.765 bits per heavy atom. The predicted octanol–water partition coefficient (Wildman–Crippen LogP) is 5.30. The number of hydrogen-bond donors (Lipinski definition) is 1. The Hall–Kier alpha value is -3.81. The van der Waals surface area contributed by atoms with Crippen molar-refractivity contribution in [3.8, 4) is 27.0 Å². The Labute approximate surface area is 202 Å². The number of benzene rings is 2. The van der Waals surface area contributed by atoms with Crippen LogP contribution in [0.3, 0.4) is 0 Å². The van der Waals surface area contributed by atoms with Crippen LogP contribution in [0, 0.1) is 0 Å². The molecule has 5 aromatic rings. The van der Waals surface area contributed by atoms with Crippen LogP contribution in [0.15, 0.2) is 91.1 Å². The van der Waals surface area contributed by atoms with Crippen molar-refractivity contribution < 1.29 is 9.84 Å². The number of para-hydroxylation sites is 1. The summed E-state index contributed by atoms with van der Waals surface area (Å²) in [6, 6.07) is 28.1. The molecule has 0 saturated carbocycles. The number of aliphatic hydroxyl groups excluding tert-OH is 1. The van der Waals surface area contributed by atoms with E-state index in [1.54, 1.807) is 17.5 Å². The Morgan fingerprint density at radius 3 is 2.32 bits per heavy atom. The van der Waals surface area contributed by atoms with E-state index in [9.17, 15) is 5.11 Å². The van der Waals surface area contributed by atoms with Crippen molar-refractivity contribution in [3.63, 3.8) is 0 Å². The maximum absolute atomic E-state index is 9.46. The van der Waals surface area contributed by atoms with E-state index in [2.05, 4.69) is 38.3 Å². The van der Waals surface area contributed by atoms with E-state index >= 15 is 0 Å². The third-order valence-electron chi connectivity index (χ3n) is 5.50. The highest BCUT2D eigenvalue weighted by Crippen LogP contribution is 2.37. The third-order valence-corrected chi connectivity index (χ3v) is 6.62. The fourth-order valence-corrected chi connectivity index (χ4v) is 4.84. The number of pyridine rings is 1. The van der Waals surface area contributed by atoms with Gasteiger partial charge in [-0.05, 0) is 42.5 Å². The Balaban J connectivity index is 1.37. The van der Waals surface area contributed by atoms with Gasteiger partial charge in [-0.25, -0.2) is 0 Å². The molecule has 34 heavy (non-hydrogen) atoms. The summed E-state index contributed by atoms with van der Waals surface area (Å²) in [6.45, 7) is 1.67. The van der Waals surface area contributed by atoms with Gasteiger partial charge in [-0.15, -0.1) is 21.5 Å². The lowest BCUT2D eigenvalue weighted by Crippen LogP contribution is -2.31. The molecule has 3 aromatic heterocycles. The number of rotatable bonds is 9. The van der Waals surface area contributed by atoms with Crippen LogP contribution in [-0.4, -0.2) is 46.6 Å². The zero-order valence-electron chi connectivity index (χ0n) is 18.5. The van der Waals surface area contributed by atoms with Gasteiger partial charge in [0.1, 0.15) is 12.3 Å². The van der Waals surface area contributed by atoms with Crippen molar-refractivity contribution in [1.29, 1.82) is 0 Å². The molecule has 5 rings (SSSR count). The van der Waals surface area contributed by atoms with Gasteiger partial charge in [0.2, 0.25) is 5.88 Å². The number of aliphatic hydroxyl groups is 1. The summed E-state index contributed by atoms with van der Waals surface area (Å²) in [5, 5.41) is 20.4. The summed E-state index contributed by atoms with van der Waals surface area (Å²) >= 11 is 1.65. The Bertz CT molecular complexity index is 1360. The van der Waals surface area contributed by atoms with Gasteiger partial charge < -0.3 is 14.7 Å². The van der Waals surface area contributed by atoms with Crippen LogP contribution < -0.4 is 9.64 Å². The first kappa shape index (κ1) is 22.0. The van der Waals surface area contributed by atoms with Crippen LogP contribution >= 0.6 is 11.3 Å². The SMILES string of the molecule is OCCN(CCOc1nnc(-c2ccc(-c3ccccn3)s2)c2ccccc12)c1ccccc1. The van der Waals surface area contributed by atoms with Gasteiger partial charge >= 0.3 is 0 Å². The van der Waals surface area contributed by atoms with Crippen LogP contribution in [0.5, 0.6) is 5.88 Å². The van der Waals surface area contributed by atoms with Crippen molar-refractivity contribution in [2.24, 2.45) is 0 Å². The number of anilines is 1. The molecule has 7 heteroatoms. The molecule has 0 bridgehead atoms. The van der Waals surface area contributed by atoms with E-state index < -0.39 is 0 Å². The molecule has 0 amide bonds. The second-order valence-electron chi connectivity index (χ2n) is 7.67. The van der Waals surface area contributed by atoms with E-state index in [0.717, 1.165) is 37.6 Å². The van der Waals surface area contributed by atoms with Crippen LogP contribution in [0.1, 0.15) is 0 Å². The van der Waals surface area contributed by atoms with E-state index in [0.29, 0.717) is 25.6 Å². The number of hydrogen-bond acceptors (Lipinski definition) is 7. The molecule has 0 fully saturated rings. The molecule has 0 radical (unpaired) electrons. The number of thiophene rings is 1. The molecule has 0 saturated heterocycles. The molecule has 0 spiro atoms. The highest BCUT2D eigenvalue weighted by atomic mass is 32.1. The Morgan fingerprint density at radius 2 is 1.53 bits per heavy atom. The van der Waals surface area contributed by atoms with Gasteiger partial charge in [-0.1, -0.05) is 42.5 Å². The first-order valence-corrected chi connectivity index (χ1v) is 12.0. The molecule has 170 valence electrons. The van der Waals surface area contributed by atoms with Crippen LogP contribution in [-0.2, 0) is 0 Å². The Kier molecular flexibility index (Phi) is 6.74. The monoisotopic (exact) mass is 468 g/mol. The highest BCUT2D eigenvalue weighted by Gasteiger charge is 2.15. The first-order valence-electron chi connectivity index (χ1n) is 11.1. The highest BCUT2D eigenvalue weighted by molar-refractivity contribution is 7.18. The number of ether oxygens (including phenoxy) is 1. The van der Waals surface area contributed by atoms with Crippen molar-refractivity contribution in [2.75, 3.05) is 31.2 Å². The van der Waals surface area contributed by atoms with Crippen molar-refractivity contribution in [2.45, 2.75) is 0 Å². The van der Waals surface area contributed by atoms with Crippen LogP contribution in [0.2, 0.25) is 0 Å². The molecule has 1 N–H and O–H groups in total. The molecule has 0 unspecified atom stereocenters. The summed E-state index contributed by atoms with van der Waals surface area (Å²) in [7, 11) is 0. The molecule has 0 aliphatic carbocycles. The topological polar surface area (TPSA) is 71.4 Å². The maximum Gasteiger partial charge on any atom is 0.241 e. The molecular weight excluding hydrogens is 444 g/mol. The molecular formula is C27H24N4O2S. The van der Waals surface area contributed by atoms with Crippen molar-refractivity contribution >= 4 is 27.8 Å². The molecule has 6 nitrogen and oxygen atoms in total. The largest absolute Gasteiger partial charge is 0.474 e. The summed E-state index contributed by atoms with van der Waals surface area (Å²) in [5.74, 6) is 0.512. The molecule has 0 aliphatic heterocycles. The number of fused-ring (bicyclic) bond motifs is 1. The van der Waals surface area contributed by atoms with Crippen molar-refractivity contribution in [1.82, 2.24) is 15.2 Å². The number of aromatic nitrogens is 3. The van der Waals surface area contributed by atoms with Gasteiger partial charge in [0.15, 0.2) is 0 Å². The minimum atomic E-state index is 0.0770. The van der Waals surface area contributed by atoms with E-state index in [1.165, 1.54) is 0 Å². The smallest absolute Gasteiger partial charge is 0.241 e. The molecule has 0 aliphatic rings. The van der Waals surface area contributed by atoms with E-state index in [1.807, 2.05) is 66.7 Å². The van der Waals surface area contributed by atoms with E-state index in [4.69, 9.17) is 4.74 Å². The summed E-state index contributed by atoms with van der Waals surface area (Å²) in [6.07, 6.45) is 1.80. The van der Waals surface area contributed by atoms with Gasteiger partial charge in [-0.3, -0.25) is 4.98 Å². The predicted molar refractivity (Wildman–Crippen MR) is 137 cm³/mol. The van der Waals surface area contributed by atoms with Crippen LogP contribution in [0.4, 0.5) is 5.69 Å².